The van der Waals surface area contributed by atoms with Crippen molar-refractivity contribution in [3.8, 4) is 0 Å². The molecule has 0 atom stereocenters. The number of nitrogens with one attached hydrogen (secondary N) is 1. The summed E-state index contributed by atoms with van der Waals surface area (Å²) in [5.74, 6) is -0.370. The summed E-state index contributed by atoms with van der Waals surface area (Å²) in [5, 5.41) is 3.63. The zero-order valence-corrected chi connectivity index (χ0v) is 9.86. The van der Waals surface area contributed by atoms with Gasteiger partial charge in [0.25, 0.3) is 0 Å². The maximum Gasteiger partial charge on any atom is 0.187 e. The Hall–Kier alpha value is -1.62. The predicted molar refractivity (Wildman–Crippen MR) is 65.7 cm³/mol. The molecule has 0 fully saturated rings. The van der Waals surface area contributed by atoms with Gasteiger partial charge < -0.3 is 11.1 Å². The normalized spacial score (nSPS) is 10.4. The van der Waals surface area contributed by atoms with Crippen LogP contribution in [0, 0.1) is 19.7 Å². The second kappa shape index (κ2) is 4.09. The molecule has 3 N–H and O–H groups in total. The summed E-state index contributed by atoms with van der Waals surface area (Å²) in [5.41, 5.74) is 7.23. The van der Waals surface area contributed by atoms with E-state index in [1.807, 2.05) is 13.8 Å². The van der Waals surface area contributed by atoms with Gasteiger partial charge in [-0.25, -0.2) is 9.37 Å². The van der Waals surface area contributed by atoms with Gasteiger partial charge in [0.2, 0.25) is 0 Å². The fraction of sp³-hybridized carbons (Fsp3) is 0.182. The molecule has 0 aliphatic carbocycles. The van der Waals surface area contributed by atoms with E-state index in [2.05, 4.69) is 10.3 Å². The van der Waals surface area contributed by atoms with Gasteiger partial charge in [0, 0.05) is 10.6 Å². The number of hydrogen-bond donors (Lipinski definition) is 2. The summed E-state index contributed by atoms with van der Waals surface area (Å²) < 4.78 is 13.5. The summed E-state index contributed by atoms with van der Waals surface area (Å²) in [6.07, 6.45) is 0. The van der Waals surface area contributed by atoms with Gasteiger partial charge in [0.1, 0.15) is 5.82 Å². The van der Waals surface area contributed by atoms with Crippen LogP contribution < -0.4 is 11.1 Å². The Morgan fingerprint density at radius 3 is 2.69 bits per heavy atom. The van der Waals surface area contributed by atoms with Crippen LogP contribution in [0.1, 0.15) is 10.6 Å². The van der Waals surface area contributed by atoms with E-state index in [0.717, 1.165) is 10.6 Å². The van der Waals surface area contributed by atoms with E-state index in [1.54, 1.807) is 12.1 Å². The number of aryl methyl sites for hydroxylation is 2. The van der Waals surface area contributed by atoms with Crippen LogP contribution in [0.2, 0.25) is 0 Å². The Morgan fingerprint density at radius 2 is 2.12 bits per heavy atom. The van der Waals surface area contributed by atoms with E-state index >= 15 is 0 Å². The summed E-state index contributed by atoms with van der Waals surface area (Å²) in [6, 6.07) is 4.55. The first-order valence-electron chi connectivity index (χ1n) is 4.82. The Morgan fingerprint density at radius 1 is 1.38 bits per heavy atom. The van der Waals surface area contributed by atoms with Crippen LogP contribution in [-0.4, -0.2) is 4.98 Å². The maximum atomic E-state index is 13.5. The average Bonchev–Trinajstić information content (AvgIpc) is 2.51. The lowest BCUT2D eigenvalue weighted by atomic mass is 10.3. The highest BCUT2D eigenvalue weighted by Gasteiger charge is 2.07. The SMILES string of the molecule is Cc1nc(Nc2ccc(N)cc2F)sc1C. The highest BCUT2D eigenvalue weighted by molar-refractivity contribution is 7.15. The Kier molecular flexibility index (Phi) is 2.78. The van der Waals surface area contributed by atoms with Gasteiger partial charge in [-0.15, -0.1) is 11.3 Å². The Labute approximate surface area is 97.1 Å². The molecular weight excluding hydrogens is 225 g/mol. The summed E-state index contributed by atoms with van der Waals surface area (Å²) >= 11 is 1.50. The number of nitrogens with two attached hydrogens (primary N) is 1. The van der Waals surface area contributed by atoms with Crippen molar-refractivity contribution in [3.05, 3.63) is 34.6 Å². The number of thiazole rings is 1. The molecule has 0 amide bonds. The minimum Gasteiger partial charge on any atom is -0.399 e. The topological polar surface area (TPSA) is 50.9 Å². The molecule has 1 aromatic carbocycles. The van der Waals surface area contributed by atoms with Crippen LogP contribution in [-0.2, 0) is 0 Å². The van der Waals surface area contributed by atoms with Crippen LogP contribution in [0.5, 0.6) is 0 Å². The molecule has 0 unspecified atom stereocenters. The lowest BCUT2D eigenvalue weighted by Crippen LogP contribution is -1.95. The number of aromatic nitrogens is 1. The molecule has 0 aliphatic rings. The number of hydrogen-bond acceptors (Lipinski definition) is 4. The van der Waals surface area contributed by atoms with Crippen LogP contribution in [0.3, 0.4) is 0 Å². The van der Waals surface area contributed by atoms with E-state index in [9.17, 15) is 4.39 Å². The lowest BCUT2D eigenvalue weighted by Gasteiger charge is -2.04. The molecule has 0 saturated carbocycles. The second-order valence-corrected chi connectivity index (χ2v) is 4.73. The summed E-state index contributed by atoms with van der Waals surface area (Å²) in [7, 11) is 0. The highest BCUT2D eigenvalue weighted by Crippen LogP contribution is 2.26. The van der Waals surface area contributed by atoms with Gasteiger partial charge in [0.15, 0.2) is 5.13 Å². The first-order chi connectivity index (χ1) is 7.56. The van der Waals surface area contributed by atoms with Crippen molar-refractivity contribution >= 4 is 27.8 Å². The van der Waals surface area contributed by atoms with Gasteiger partial charge in [-0.1, -0.05) is 0 Å². The third-order valence-corrected chi connectivity index (χ3v) is 3.25. The summed E-state index contributed by atoms with van der Waals surface area (Å²) in [6.45, 7) is 3.91. The fourth-order valence-electron chi connectivity index (χ4n) is 1.27. The highest BCUT2D eigenvalue weighted by atomic mass is 32.1. The predicted octanol–water partition coefficient (Wildman–Crippen LogP) is 3.22. The first kappa shape index (κ1) is 10.9. The third-order valence-electron chi connectivity index (χ3n) is 2.26. The van der Waals surface area contributed by atoms with E-state index in [4.69, 9.17) is 5.73 Å². The minimum absolute atomic E-state index is 0.370. The Balaban J connectivity index is 2.27. The van der Waals surface area contributed by atoms with Crippen LogP contribution >= 0.6 is 11.3 Å². The van der Waals surface area contributed by atoms with Crippen molar-refractivity contribution in [2.45, 2.75) is 13.8 Å². The van der Waals surface area contributed by atoms with Crippen molar-refractivity contribution in [3.63, 3.8) is 0 Å². The van der Waals surface area contributed by atoms with Gasteiger partial charge in [-0.2, -0.15) is 0 Å². The van der Waals surface area contributed by atoms with Gasteiger partial charge in [0.05, 0.1) is 11.4 Å². The molecule has 5 heteroatoms. The van der Waals surface area contributed by atoms with Crippen molar-refractivity contribution in [1.29, 1.82) is 0 Å². The fourth-order valence-corrected chi connectivity index (χ4v) is 2.10. The van der Waals surface area contributed by atoms with Gasteiger partial charge in [-0.3, -0.25) is 0 Å². The van der Waals surface area contributed by atoms with Crippen LogP contribution in [0.15, 0.2) is 18.2 Å². The molecule has 0 radical (unpaired) electrons. The molecule has 0 aliphatic heterocycles. The van der Waals surface area contributed by atoms with E-state index in [1.165, 1.54) is 17.4 Å². The number of nitrogen functional groups attached to an aromatic ring is 1. The van der Waals surface area contributed by atoms with Gasteiger partial charge in [-0.05, 0) is 32.0 Å². The molecule has 2 rings (SSSR count). The van der Waals surface area contributed by atoms with Crippen molar-refractivity contribution in [1.82, 2.24) is 4.98 Å². The third kappa shape index (κ3) is 2.14. The molecule has 1 aromatic heterocycles. The zero-order valence-electron chi connectivity index (χ0n) is 9.04. The molecule has 2 aromatic rings. The van der Waals surface area contributed by atoms with Gasteiger partial charge >= 0.3 is 0 Å². The van der Waals surface area contributed by atoms with Crippen molar-refractivity contribution in [2.24, 2.45) is 0 Å². The average molecular weight is 237 g/mol. The molecule has 0 bridgehead atoms. The monoisotopic (exact) mass is 237 g/mol. The van der Waals surface area contributed by atoms with Crippen LogP contribution in [0.25, 0.3) is 0 Å². The lowest BCUT2D eigenvalue weighted by molar-refractivity contribution is 0.632. The molecule has 3 nitrogen and oxygen atoms in total. The van der Waals surface area contributed by atoms with E-state index in [-0.39, 0.29) is 5.82 Å². The van der Waals surface area contributed by atoms with Crippen LogP contribution in [0.4, 0.5) is 20.9 Å². The first-order valence-corrected chi connectivity index (χ1v) is 5.64. The molecule has 1 heterocycles. The largest absolute Gasteiger partial charge is 0.399 e. The maximum absolute atomic E-state index is 13.5. The Bertz CT molecular complexity index is 502. The number of benzene rings is 1. The van der Waals surface area contributed by atoms with E-state index < -0.39 is 0 Å². The summed E-state index contributed by atoms with van der Waals surface area (Å²) in [4.78, 5) is 5.40. The quantitative estimate of drug-likeness (QED) is 0.788. The standard InChI is InChI=1S/C11H12FN3S/c1-6-7(2)16-11(14-6)15-10-4-3-8(13)5-9(10)12/h3-5H,13H2,1-2H3,(H,14,15). The van der Waals surface area contributed by atoms with E-state index in [0.29, 0.717) is 16.5 Å². The number of anilines is 3. The number of nitrogens with zero attached hydrogens (tertiary/aromatic N) is 1. The molecule has 16 heavy (non-hydrogen) atoms. The number of halogens is 1. The van der Waals surface area contributed by atoms with Crippen molar-refractivity contribution in [2.75, 3.05) is 11.1 Å². The smallest absolute Gasteiger partial charge is 0.187 e. The minimum atomic E-state index is -0.370. The molecule has 0 spiro atoms. The second-order valence-electron chi connectivity index (χ2n) is 3.52. The number of rotatable bonds is 2. The molecule has 84 valence electrons. The van der Waals surface area contributed by atoms with Crippen molar-refractivity contribution < 1.29 is 4.39 Å². The zero-order chi connectivity index (χ0) is 11.7. The molecule has 0 saturated heterocycles. The molecular formula is C11H12FN3S.